The van der Waals surface area contributed by atoms with Gasteiger partial charge in [-0.15, -0.1) is 0 Å². The van der Waals surface area contributed by atoms with Crippen molar-refractivity contribution < 1.29 is 28.6 Å². The summed E-state index contributed by atoms with van der Waals surface area (Å²) in [5.74, 6) is -0.912. The molecule has 1 unspecified atom stereocenters. The van der Waals surface area contributed by atoms with Crippen LogP contribution in [0.25, 0.3) is 0 Å². The summed E-state index contributed by atoms with van der Waals surface area (Å²) in [7, 11) is 0. The van der Waals surface area contributed by atoms with Crippen molar-refractivity contribution in [3.8, 4) is 0 Å². The first kappa shape index (κ1) is 61.4. The molecule has 0 aliphatic rings. The zero-order chi connectivity index (χ0) is 46.5. The van der Waals surface area contributed by atoms with Gasteiger partial charge in [-0.2, -0.15) is 0 Å². The molecule has 0 aromatic heterocycles. The van der Waals surface area contributed by atoms with Gasteiger partial charge in [-0.1, -0.05) is 243 Å². The summed E-state index contributed by atoms with van der Waals surface area (Å²) in [6.07, 6.45) is 64.0. The Morgan fingerprint density at radius 2 is 0.625 bits per heavy atom. The number of esters is 3. The number of hydrogen-bond acceptors (Lipinski definition) is 6. The molecule has 64 heavy (non-hydrogen) atoms. The lowest BCUT2D eigenvalue weighted by Gasteiger charge is -2.18. The van der Waals surface area contributed by atoms with Crippen molar-refractivity contribution in [3.05, 3.63) is 48.6 Å². The minimum Gasteiger partial charge on any atom is -0.462 e. The van der Waals surface area contributed by atoms with Crippen LogP contribution in [0.5, 0.6) is 0 Å². The van der Waals surface area contributed by atoms with Gasteiger partial charge in [0.25, 0.3) is 0 Å². The van der Waals surface area contributed by atoms with Crippen LogP contribution in [0.15, 0.2) is 48.6 Å². The smallest absolute Gasteiger partial charge is 0.306 e. The fourth-order valence-electron chi connectivity index (χ4n) is 7.93. The average Bonchev–Trinajstić information content (AvgIpc) is 3.29. The van der Waals surface area contributed by atoms with Crippen molar-refractivity contribution in [2.45, 2.75) is 290 Å². The molecule has 0 aromatic carbocycles. The number of carbonyl (C=O) groups excluding carboxylic acids is 3. The van der Waals surface area contributed by atoms with Crippen LogP contribution in [-0.4, -0.2) is 37.2 Å². The van der Waals surface area contributed by atoms with E-state index in [0.29, 0.717) is 19.3 Å². The van der Waals surface area contributed by atoms with Crippen LogP contribution in [0, 0.1) is 0 Å². The van der Waals surface area contributed by atoms with Crippen LogP contribution in [0.2, 0.25) is 0 Å². The van der Waals surface area contributed by atoms with Gasteiger partial charge in [0.2, 0.25) is 0 Å². The molecule has 0 aromatic rings. The van der Waals surface area contributed by atoms with E-state index >= 15 is 0 Å². The fraction of sp³-hybridized carbons (Fsp3) is 0.810. The van der Waals surface area contributed by atoms with Crippen molar-refractivity contribution in [1.82, 2.24) is 0 Å². The lowest BCUT2D eigenvalue weighted by molar-refractivity contribution is -0.167. The van der Waals surface area contributed by atoms with Crippen LogP contribution in [0.3, 0.4) is 0 Å². The zero-order valence-electron chi connectivity index (χ0n) is 42.6. The molecule has 0 spiro atoms. The van der Waals surface area contributed by atoms with Crippen LogP contribution in [0.4, 0.5) is 0 Å². The van der Waals surface area contributed by atoms with Crippen LogP contribution < -0.4 is 0 Å². The molecule has 6 nitrogen and oxygen atoms in total. The molecule has 0 radical (unpaired) electrons. The highest BCUT2D eigenvalue weighted by Crippen LogP contribution is 2.16. The van der Waals surface area contributed by atoms with Gasteiger partial charge in [-0.25, -0.2) is 0 Å². The second-order valence-corrected chi connectivity index (χ2v) is 18.5. The van der Waals surface area contributed by atoms with Gasteiger partial charge in [0.05, 0.1) is 0 Å². The van der Waals surface area contributed by atoms with Crippen LogP contribution >= 0.6 is 0 Å². The third-order valence-electron chi connectivity index (χ3n) is 12.1. The van der Waals surface area contributed by atoms with Crippen LogP contribution in [-0.2, 0) is 28.6 Å². The van der Waals surface area contributed by atoms with Crippen molar-refractivity contribution in [3.63, 3.8) is 0 Å². The number of allylic oxidation sites excluding steroid dienone is 8. The van der Waals surface area contributed by atoms with E-state index in [2.05, 4.69) is 69.4 Å². The minimum atomic E-state index is -0.782. The molecule has 0 amide bonds. The summed E-state index contributed by atoms with van der Waals surface area (Å²) >= 11 is 0. The van der Waals surface area contributed by atoms with Gasteiger partial charge in [0.1, 0.15) is 13.2 Å². The molecule has 0 heterocycles. The first-order chi connectivity index (χ1) is 31.5. The van der Waals surface area contributed by atoms with E-state index in [9.17, 15) is 14.4 Å². The van der Waals surface area contributed by atoms with Gasteiger partial charge >= 0.3 is 17.9 Å². The highest BCUT2D eigenvalue weighted by Gasteiger charge is 2.19. The maximum absolute atomic E-state index is 12.8. The lowest BCUT2D eigenvalue weighted by atomic mass is 10.0. The zero-order valence-corrected chi connectivity index (χ0v) is 42.6. The number of hydrogen-bond donors (Lipinski definition) is 0. The summed E-state index contributed by atoms with van der Waals surface area (Å²) in [5, 5.41) is 0. The Hall–Kier alpha value is -2.63. The standard InChI is InChI=1S/C58H104O6/c1-4-7-10-13-16-19-21-23-25-27-29-31-32-34-36-39-42-45-48-51-57(60)63-54-55(53-62-56(59)50-47-44-41-38-18-15-12-9-6-3)64-58(61)52-49-46-43-40-37-35-33-30-28-26-24-22-20-17-14-11-8-5-2/h7,10,16,19,23,25,38,41,55H,4-6,8-9,11-15,17-18,20-22,24,26-37,39-40,42-54H2,1-3H3/b10-7-,19-16-,25-23-,41-38-. The van der Waals surface area contributed by atoms with E-state index in [-0.39, 0.29) is 31.1 Å². The number of rotatable bonds is 50. The maximum atomic E-state index is 12.8. The van der Waals surface area contributed by atoms with E-state index < -0.39 is 6.10 Å². The molecule has 0 rings (SSSR count). The highest BCUT2D eigenvalue weighted by molar-refractivity contribution is 5.71. The Labute approximate surface area is 397 Å². The summed E-state index contributed by atoms with van der Waals surface area (Å²) in [6, 6.07) is 0. The van der Waals surface area contributed by atoms with E-state index in [0.717, 1.165) is 77.0 Å². The Kier molecular flexibility index (Phi) is 50.8. The summed E-state index contributed by atoms with van der Waals surface area (Å²) in [6.45, 7) is 6.50. The Balaban J connectivity index is 4.27. The molecule has 0 saturated heterocycles. The molecule has 0 bridgehead atoms. The molecule has 0 N–H and O–H groups in total. The highest BCUT2D eigenvalue weighted by atomic mass is 16.6. The summed E-state index contributed by atoms with van der Waals surface area (Å²) in [4.78, 5) is 38.0. The fourth-order valence-corrected chi connectivity index (χ4v) is 7.93. The van der Waals surface area contributed by atoms with Crippen molar-refractivity contribution in [2.24, 2.45) is 0 Å². The lowest BCUT2D eigenvalue weighted by Crippen LogP contribution is -2.30. The first-order valence-electron chi connectivity index (χ1n) is 27.6. The van der Waals surface area contributed by atoms with E-state index in [1.807, 2.05) is 0 Å². The van der Waals surface area contributed by atoms with E-state index in [1.54, 1.807) is 0 Å². The van der Waals surface area contributed by atoms with Crippen LogP contribution in [0.1, 0.15) is 284 Å². The predicted octanol–water partition coefficient (Wildman–Crippen LogP) is 18.3. The maximum Gasteiger partial charge on any atom is 0.306 e. The van der Waals surface area contributed by atoms with Gasteiger partial charge in [-0.3, -0.25) is 14.4 Å². The molecule has 0 fully saturated rings. The monoisotopic (exact) mass is 897 g/mol. The second-order valence-electron chi connectivity index (χ2n) is 18.5. The number of ether oxygens (including phenoxy) is 3. The third kappa shape index (κ3) is 50.4. The number of carbonyl (C=O) groups is 3. The van der Waals surface area contributed by atoms with E-state index in [4.69, 9.17) is 14.2 Å². The van der Waals surface area contributed by atoms with Crippen molar-refractivity contribution >= 4 is 17.9 Å². The summed E-state index contributed by atoms with van der Waals surface area (Å²) < 4.78 is 16.8. The van der Waals surface area contributed by atoms with Crippen molar-refractivity contribution in [1.29, 1.82) is 0 Å². The quantitative estimate of drug-likeness (QED) is 0.0262. The molecule has 372 valence electrons. The number of unbranched alkanes of at least 4 members (excludes halogenated alkanes) is 31. The molecular formula is C58H104O6. The SMILES string of the molecule is CC/C=C\C/C=C\C/C=C\CCCCCCCCCCCC(=O)OCC(COC(=O)CCC/C=C\CCCCCC)OC(=O)CCCCCCCCCCCCCCCCCCCC. The first-order valence-corrected chi connectivity index (χ1v) is 27.6. The molecule has 0 aliphatic heterocycles. The van der Waals surface area contributed by atoms with Gasteiger partial charge in [0.15, 0.2) is 6.10 Å². The molecule has 0 saturated carbocycles. The summed E-state index contributed by atoms with van der Waals surface area (Å²) in [5.41, 5.74) is 0. The van der Waals surface area contributed by atoms with Gasteiger partial charge < -0.3 is 14.2 Å². The van der Waals surface area contributed by atoms with Gasteiger partial charge in [-0.05, 0) is 70.6 Å². The minimum absolute atomic E-state index is 0.0818. The largest absolute Gasteiger partial charge is 0.462 e. The van der Waals surface area contributed by atoms with Crippen molar-refractivity contribution in [2.75, 3.05) is 13.2 Å². The molecule has 6 heteroatoms. The molecule has 1 atom stereocenters. The predicted molar refractivity (Wildman–Crippen MR) is 275 cm³/mol. The molecular weight excluding hydrogens is 793 g/mol. The topological polar surface area (TPSA) is 78.9 Å². The molecule has 0 aliphatic carbocycles. The normalized spacial score (nSPS) is 12.4. The second kappa shape index (κ2) is 53.0. The Bertz CT molecular complexity index is 1120. The average molecular weight is 897 g/mol. The van der Waals surface area contributed by atoms with E-state index in [1.165, 1.54) is 167 Å². The Morgan fingerprint density at radius 3 is 1.05 bits per heavy atom. The third-order valence-corrected chi connectivity index (χ3v) is 12.1. The Morgan fingerprint density at radius 1 is 0.328 bits per heavy atom. The van der Waals surface area contributed by atoms with Gasteiger partial charge in [0, 0.05) is 19.3 Å².